The first-order valence-corrected chi connectivity index (χ1v) is 14.6. The maximum absolute atomic E-state index is 13.4. The zero-order chi connectivity index (χ0) is 27.5. The molecule has 0 unspecified atom stereocenters. The lowest BCUT2D eigenvalue weighted by Crippen LogP contribution is -2.32. The Morgan fingerprint density at radius 1 is 0.789 bits per heavy atom. The van der Waals surface area contributed by atoms with Gasteiger partial charge in [0.15, 0.2) is 5.78 Å². The van der Waals surface area contributed by atoms with Crippen molar-refractivity contribution in [2.45, 2.75) is 63.7 Å². The molecule has 3 aromatic carbocycles. The summed E-state index contributed by atoms with van der Waals surface area (Å²) in [6.07, 6.45) is 3.73. The van der Waals surface area contributed by atoms with Crippen LogP contribution >= 0.6 is 0 Å². The first-order chi connectivity index (χ1) is 18.0. The Labute approximate surface area is 226 Å². The number of nitrogens with zero attached hydrogens (tertiary/aromatic N) is 1. The molecule has 0 aromatic heterocycles. The molecule has 3 aromatic rings. The summed E-state index contributed by atoms with van der Waals surface area (Å²) >= 11 is 0. The summed E-state index contributed by atoms with van der Waals surface area (Å²) in [5.41, 5.74) is 3.49. The van der Waals surface area contributed by atoms with Crippen LogP contribution < -0.4 is 5.32 Å². The highest BCUT2D eigenvalue weighted by Gasteiger charge is 2.27. The number of sulfonamides is 1. The van der Waals surface area contributed by atoms with E-state index in [1.807, 2.05) is 24.3 Å². The van der Waals surface area contributed by atoms with Gasteiger partial charge in [0.1, 0.15) is 0 Å². The van der Waals surface area contributed by atoms with Crippen LogP contribution in [0.25, 0.3) is 0 Å². The molecule has 1 amide bonds. The van der Waals surface area contributed by atoms with Crippen molar-refractivity contribution in [1.29, 1.82) is 0 Å². The van der Waals surface area contributed by atoms with Gasteiger partial charge in [-0.1, -0.05) is 76.1 Å². The molecular weight excluding hydrogens is 496 g/mol. The molecule has 1 heterocycles. The number of carbonyl (C=O) groups is 2. The smallest absolute Gasteiger partial charge is 0.255 e. The van der Waals surface area contributed by atoms with Crippen molar-refractivity contribution >= 4 is 27.4 Å². The fourth-order valence-corrected chi connectivity index (χ4v) is 6.44. The second kappa shape index (κ2) is 11.2. The van der Waals surface area contributed by atoms with Gasteiger partial charge in [0.2, 0.25) is 10.0 Å². The second-order valence-electron chi connectivity index (χ2n) is 11.0. The van der Waals surface area contributed by atoms with Gasteiger partial charge in [-0.2, -0.15) is 4.31 Å². The van der Waals surface area contributed by atoms with E-state index in [0.717, 1.165) is 31.2 Å². The summed E-state index contributed by atoms with van der Waals surface area (Å²) in [7, 11) is -3.70. The van der Waals surface area contributed by atoms with E-state index in [-0.39, 0.29) is 21.7 Å². The van der Waals surface area contributed by atoms with Crippen molar-refractivity contribution in [1.82, 2.24) is 4.31 Å². The third-order valence-corrected chi connectivity index (χ3v) is 9.07. The highest BCUT2D eigenvalue weighted by Crippen LogP contribution is 2.26. The van der Waals surface area contributed by atoms with Crippen LogP contribution in [0.4, 0.5) is 5.69 Å². The van der Waals surface area contributed by atoms with Gasteiger partial charge >= 0.3 is 0 Å². The van der Waals surface area contributed by atoms with Crippen LogP contribution in [0.5, 0.6) is 0 Å². The molecular formula is C31H36N2O4S. The minimum absolute atomic E-state index is 0.00592. The van der Waals surface area contributed by atoms with Crippen molar-refractivity contribution in [3.63, 3.8) is 0 Å². The molecule has 200 valence electrons. The van der Waals surface area contributed by atoms with Crippen molar-refractivity contribution in [3.05, 3.63) is 94.5 Å². The standard InChI is InChI=1S/C31H36N2O4S/c1-22-12-13-25(21-28(22)38(36,37)33-18-7-5-6-8-19-33)30(35)32-27-11-9-10-24(20-27)29(34)23-14-16-26(17-15-23)31(2,3)4/h9-17,20-21H,5-8,18-19H2,1-4H3,(H,32,35). The molecule has 38 heavy (non-hydrogen) atoms. The van der Waals surface area contributed by atoms with Gasteiger partial charge in [-0.05, 0) is 60.6 Å². The Morgan fingerprint density at radius 2 is 1.42 bits per heavy atom. The first-order valence-electron chi connectivity index (χ1n) is 13.1. The largest absolute Gasteiger partial charge is 0.322 e. The number of hydrogen-bond acceptors (Lipinski definition) is 4. The predicted molar refractivity (Wildman–Crippen MR) is 151 cm³/mol. The van der Waals surface area contributed by atoms with E-state index in [0.29, 0.717) is 35.5 Å². The molecule has 1 fully saturated rings. The SMILES string of the molecule is Cc1ccc(C(=O)Nc2cccc(C(=O)c3ccc(C(C)(C)C)cc3)c2)cc1S(=O)(=O)N1CCCCCC1. The fourth-order valence-electron chi connectivity index (χ4n) is 4.67. The Hall–Kier alpha value is -3.29. The fraction of sp³-hybridized carbons (Fsp3) is 0.355. The van der Waals surface area contributed by atoms with Gasteiger partial charge in [0.25, 0.3) is 5.91 Å². The molecule has 1 saturated heterocycles. The minimum Gasteiger partial charge on any atom is -0.322 e. The third kappa shape index (κ3) is 6.22. The zero-order valence-electron chi connectivity index (χ0n) is 22.6. The van der Waals surface area contributed by atoms with E-state index < -0.39 is 15.9 Å². The molecule has 0 atom stereocenters. The van der Waals surface area contributed by atoms with Crippen LogP contribution in [0.3, 0.4) is 0 Å². The van der Waals surface area contributed by atoms with Gasteiger partial charge in [-0.25, -0.2) is 8.42 Å². The van der Waals surface area contributed by atoms with Gasteiger partial charge < -0.3 is 5.32 Å². The van der Waals surface area contributed by atoms with E-state index >= 15 is 0 Å². The molecule has 1 aliphatic heterocycles. The van der Waals surface area contributed by atoms with Crippen molar-refractivity contribution in [2.24, 2.45) is 0 Å². The highest BCUT2D eigenvalue weighted by molar-refractivity contribution is 7.89. The Balaban J connectivity index is 1.53. The van der Waals surface area contributed by atoms with Crippen LogP contribution in [0, 0.1) is 6.92 Å². The number of rotatable bonds is 6. The highest BCUT2D eigenvalue weighted by atomic mass is 32.2. The molecule has 0 aliphatic carbocycles. The van der Waals surface area contributed by atoms with Crippen LogP contribution in [-0.2, 0) is 15.4 Å². The molecule has 6 nitrogen and oxygen atoms in total. The monoisotopic (exact) mass is 532 g/mol. The van der Waals surface area contributed by atoms with E-state index in [4.69, 9.17) is 0 Å². The third-order valence-electron chi connectivity index (χ3n) is 7.03. The molecule has 4 rings (SSSR count). The van der Waals surface area contributed by atoms with Crippen molar-refractivity contribution in [3.8, 4) is 0 Å². The lowest BCUT2D eigenvalue weighted by molar-refractivity contribution is 0.102. The van der Waals surface area contributed by atoms with Gasteiger partial charge in [-0.3, -0.25) is 9.59 Å². The average molecular weight is 533 g/mol. The summed E-state index contributed by atoms with van der Waals surface area (Å²) in [6, 6.07) is 19.1. The summed E-state index contributed by atoms with van der Waals surface area (Å²) in [5, 5.41) is 2.82. The summed E-state index contributed by atoms with van der Waals surface area (Å²) in [5.74, 6) is -0.570. The number of benzene rings is 3. The van der Waals surface area contributed by atoms with Crippen LogP contribution in [0.1, 0.15) is 83.9 Å². The summed E-state index contributed by atoms with van der Waals surface area (Å²) in [6.45, 7) is 9.11. The van der Waals surface area contributed by atoms with E-state index in [1.54, 1.807) is 43.3 Å². The number of nitrogens with one attached hydrogen (secondary N) is 1. The molecule has 0 spiro atoms. The normalized spacial score (nSPS) is 15.1. The van der Waals surface area contributed by atoms with Crippen LogP contribution in [-0.4, -0.2) is 37.5 Å². The molecule has 1 aliphatic rings. The van der Waals surface area contributed by atoms with E-state index in [1.165, 1.54) is 10.4 Å². The maximum Gasteiger partial charge on any atom is 0.255 e. The van der Waals surface area contributed by atoms with Crippen LogP contribution in [0.15, 0.2) is 71.6 Å². The Morgan fingerprint density at radius 3 is 2.05 bits per heavy atom. The van der Waals surface area contributed by atoms with Gasteiger partial charge in [-0.15, -0.1) is 0 Å². The van der Waals surface area contributed by atoms with Crippen molar-refractivity contribution < 1.29 is 18.0 Å². The molecule has 0 saturated carbocycles. The van der Waals surface area contributed by atoms with Crippen molar-refractivity contribution in [2.75, 3.05) is 18.4 Å². The number of ketones is 1. The summed E-state index contributed by atoms with van der Waals surface area (Å²) < 4.78 is 28.3. The van der Waals surface area contributed by atoms with E-state index in [9.17, 15) is 18.0 Å². The number of carbonyl (C=O) groups excluding carboxylic acids is 2. The quantitative estimate of drug-likeness (QED) is 0.376. The number of amides is 1. The maximum atomic E-state index is 13.4. The first kappa shape index (κ1) is 27.7. The number of aryl methyl sites for hydroxylation is 1. The van der Waals surface area contributed by atoms with Gasteiger partial charge in [0.05, 0.1) is 4.90 Å². The van der Waals surface area contributed by atoms with E-state index in [2.05, 4.69) is 26.1 Å². The second-order valence-corrected chi connectivity index (χ2v) is 12.9. The lowest BCUT2D eigenvalue weighted by Gasteiger charge is -2.21. The lowest BCUT2D eigenvalue weighted by atomic mass is 9.86. The Kier molecular flexibility index (Phi) is 8.19. The number of hydrogen-bond donors (Lipinski definition) is 1. The minimum atomic E-state index is -3.70. The average Bonchev–Trinajstić information content (AvgIpc) is 3.18. The topological polar surface area (TPSA) is 83.5 Å². The Bertz CT molecular complexity index is 1430. The summed E-state index contributed by atoms with van der Waals surface area (Å²) in [4.78, 5) is 26.4. The molecule has 0 bridgehead atoms. The molecule has 1 N–H and O–H groups in total. The zero-order valence-corrected chi connectivity index (χ0v) is 23.4. The van der Waals surface area contributed by atoms with Gasteiger partial charge in [0, 0.05) is 35.5 Å². The predicted octanol–water partition coefficient (Wildman–Crippen LogP) is 6.34. The number of anilines is 1. The molecule has 0 radical (unpaired) electrons. The van der Waals surface area contributed by atoms with Crippen LogP contribution in [0.2, 0.25) is 0 Å². The molecule has 7 heteroatoms.